The second-order valence-electron chi connectivity index (χ2n) is 4.39. The number of hydrogen-bond acceptors (Lipinski definition) is 3. The molecule has 2 N–H and O–H groups in total. The molecule has 0 aliphatic heterocycles. The molecule has 0 heterocycles. The summed E-state index contributed by atoms with van der Waals surface area (Å²) >= 11 is 4.97. The minimum Gasteiger partial charge on any atom is -0.389 e. The van der Waals surface area contributed by atoms with Crippen LogP contribution >= 0.6 is 12.2 Å². The highest BCUT2D eigenvalue weighted by atomic mass is 32.1. The lowest BCUT2D eigenvalue weighted by molar-refractivity contribution is 0.112. The number of hydrogen-bond donors (Lipinski definition) is 1. The summed E-state index contributed by atoms with van der Waals surface area (Å²) in [6.45, 7) is 3.24. The molecule has 100 valence electrons. The number of methoxy groups -OCH3 is 1. The van der Waals surface area contributed by atoms with Gasteiger partial charge in [0.1, 0.15) is 10.8 Å². The van der Waals surface area contributed by atoms with E-state index < -0.39 is 0 Å². The van der Waals surface area contributed by atoms with E-state index in [1.54, 1.807) is 13.2 Å². The fraction of sp³-hybridized carbons (Fsp3) is 0.462. The van der Waals surface area contributed by atoms with Gasteiger partial charge in [-0.3, -0.25) is 4.90 Å². The minimum absolute atomic E-state index is 0.234. The van der Waals surface area contributed by atoms with E-state index in [0.29, 0.717) is 13.2 Å². The predicted octanol–water partition coefficient (Wildman–Crippen LogP) is 1.93. The molecule has 1 aromatic rings. The molecule has 0 amide bonds. The highest BCUT2D eigenvalue weighted by Gasteiger charge is 2.13. The Labute approximate surface area is 113 Å². The molecule has 0 spiro atoms. The van der Waals surface area contributed by atoms with Gasteiger partial charge >= 0.3 is 0 Å². The van der Waals surface area contributed by atoms with Crippen molar-refractivity contribution in [2.45, 2.75) is 19.5 Å². The maximum atomic E-state index is 13.3. The smallest absolute Gasteiger partial charge is 0.123 e. The number of benzene rings is 1. The van der Waals surface area contributed by atoms with Gasteiger partial charge in [-0.25, -0.2) is 4.39 Å². The molecule has 0 saturated heterocycles. The van der Waals surface area contributed by atoms with Crippen molar-refractivity contribution in [1.82, 2.24) is 4.90 Å². The Morgan fingerprint density at radius 1 is 1.56 bits per heavy atom. The largest absolute Gasteiger partial charge is 0.389 e. The van der Waals surface area contributed by atoms with Crippen LogP contribution < -0.4 is 5.73 Å². The first-order chi connectivity index (χ1) is 8.45. The standard InChI is InChI=1S/C13H19FN2OS/c1-9(8-17-3)16(2)7-10-6-11(14)4-5-12(10)13(15)18/h4-6,9H,7-8H2,1-3H3,(H2,15,18). The maximum absolute atomic E-state index is 13.3. The molecule has 5 heteroatoms. The number of likely N-dealkylation sites (N-methyl/N-ethyl adjacent to an activating group) is 1. The molecular formula is C13H19FN2OS. The van der Waals surface area contributed by atoms with E-state index in [2.05, 4.69) is 4.90 Å². The van der Waals surface area contributed by atoms with Crippen LogP contribution in [0.5, 0.6) is 0 Å². The number of thiocarbonyl (C=S) groups is 1. The normalized spacial score (nSPS) is 12.7. The van der Waals surface area contributed by atoms with Crippen molar-refractivity contribution in [2.24, 2.45) is 5.73 Å². The van der Waals surface area contributed by atoms with Gasteiger partial charge in [-0.1, -0.05) is 12.2 Å². The summed E-state index contributed by atoms with van der Waals surface area (Å²) in [6.07, 6.45) is 0. The molecule has 0 aromatic heterocycles. The first-order valence-corrected chi connectivity index (χ1v) is 6.14. The predicted molar refractivity (Wildman–Crippen MR) is 75.1 cm³/mol. The molecule has 18 heavy (non-hydrogen) atoms. The van der Waals surface area contributed by atoms with E-state index in [9.17, 15) is 4.39 Å². The van der Waals surface area contributed by atoms with Crippen LogP contribution in [0.25, 0.3) is 0 Å². The number of rotatable bonds is 6. The van der Waals surface area contributed by atoms with Crippen LogP contribution in [0.15, 0.2) is 18.2 Å². The molecule has 0 saturated carbocycles. The second kappa shape index (κ2) is 6.78. The molecular weight excluding hydrogens is 251 g/mol. The molecule has 3 nitrogen and oxygen atoms in total. The van der Waals surface area contributed by atoms with Gasteiger partial charge in [0.15, 0.2) is 0 Å². The van der Waals surface area contributed by atoms with Gasteiger partial charge in [0, 0.05) is 25.3 Å². The van der Waals surface area contributed by atoms with Crippen LogP contribution in [0.4, 0.5) is 4.39 Å². The fourth-order valence-corrected chi connectivity index (χ4v) is 1.93. The van der Waals surface area contributed by atoms with Crippen LogP contribution in [0.1, 0.15) is 18.1 Å². The fourth-order valence-electron chi connectivity index (χ4n) is 1.73. The van der Waals surface area contributed by atoms with Crippen LogP contribution in [0, 0.1) is 5.82 Å². The quantitative estimate of drug-likeness (QED) is 0.802. The number of ether oxygens (including phenoxy) is 1. The molecule has 1 aromatic carbocycles. The monoisotopic (exact) mass is 270 g/mol. The van der Waals surface area contributed by atoms with E-state index >= 15 is 0 Å². The highest BCUT2D eigenvalue weighted by molar-refractivity contribution is 7.80. The molecule has 0 aliphatic rings. The van der Waals surface area contributed by atoms with Gasteiger partial charge in [0.25, 0.3) is 0 Å². The third kappa shape index (κ3) is 4.01. The average molecular weight is 270 g/mol. The van der Waals surface area contributed by atoms with E-state index in [-0.39, 0.29) is 16.8 Å². The number of nitrogens with zero attached hydrogens (tertiary/aromatic N) is 1. The Bertz CT molecular complexity index is 425. The maximum Gasteiger partial charge on any atom is 0.123 e. The summed E-state index contributed by atoms with van der Waals surface area (Å²) in [5, 5.41) is 0. The van der Waals surface area contributed by atoms with Gasteiger partial charge in [-0.15, -0.1) is 0 Å². The zero-order chi connectivity index (χ0) is 13.7. The Kier molecular flexibility index (Phi) is 5.65. The Morgan fingerprint density at radius 3 is 2.78 bits per heavy atom. The Hall–Kier alpha value is -1.04. The lowest BCUT2D eigenvalue weighted by Gasteiger charge is -2.25. The van der Waals surface area contributed by atoms with Crippen molar-refractivity contribution in [3.63, 3.8) is 0 Å². The average Bonchev–Trinajstić information content (AvgIpc) is 2.28. The second-order valence-corrected chi connectivity index (χ2v) is 4.83. The zero-order valence-corrected chi connectivity index (χ0v) is 11.8. The number of halogens is 1. The third-order valence-electron chi connectivity index (χ3n) is 2.91. The highest BCUT2D eigenvalue weighted by Crippen LogP contribution is 2.14. The van der Waals surface area contributed by atoms with Crippen molar-refractivity contribution in [3.05, 3.63) is 35.1 Å². The van der Waals surface area contributed by atoms with Gasteiger partial charge < -0.3 is 10.5 Å². The van der Waals surface area contributed by atoms with Gasteiger partial charge in [0.2, 0.25) is 0 Å². The van der Waals surface area contributed by atoms with Crippen molar-refractivity contribution in [3.8, 4) is 0 Å². The van der Waals surface area contributed by atoms with E-state index in [4.69, 9.17) is 22.7 Å². The Morgan fingerprint density at radius 2 is 2.22 bits per heavy atom. The zero-order valence-electron chi connectivity index (χ0n) is 10.9. The third-order valence-corrected chi connectivity index (χ3v) is 3.13. The van der Waals surface area contributed by atoms with E-state index in [1.807, 2.05) is 14.0 Å². The molecule has 0 aliphatic carbocycles. The van der Waals surface area contributed by atoms with Crippen LogP contribution in [-0.4, -0.2) is 36.7 Å². The minimum atomic E-state index is -0.280. The number of nitrogens with two attached hydrogens (primary N) is 1. The molecule has 1 unspecified atom stereocenters. The van der Waals surface area contributed by atoms with Crippen molar-refractivity contribution >= 4 is 17.2 Å². The van der Waals surface area contributed by atoms with Crippen LogP contribution in [0.2, 0.25) is 0 Å². The summed E-state index contributed by atoms with van der Waals surface area (Å²) < 4.78 is 18.4. The first-order valence-electron chi connectivity index (χ1n) is 5.73. The SMILES string of the molecule is COCC(C)N(C)Cc1cc(F)ccc1C(N)=S. The lowest BCUT2D eigenvalue weighted by Crippen LogP contribution is -2.33. The molecule has 0 fully saturated rings. The topological polar surface area (TPSA) is 38.5 Å². The van der Waals surface area contributed by atoms with Crippen LogP contribution in [-0.2, 0) is 11.3 Å². The van der Waals surface area contributed by atoms with Gasteiger partial charge in [-0.05, 0) is 37.7 Å². The van der Waals surface area contributed by atoms with Crippen molar-refractivity contribution < 1.29 is 9.13 Å². The summed E-state index contributed by atoms with van der Waals surface area (Å²) in [7, 11) is 3.62. The van der Waals surface area contributed by atoms with E-state index in [0.717, 1.165) is 11.1 Å². The molecule has 1 atom stereocenters. The summed E-state index contributed by atoms with van der Waals surface area (Å²) in [6, 6.07) is 4.71. The summed E-state index contributed by atoms with van der Waals surface area (Å²) in [5.74, 6) is -0.280. The molecule has 0 radical (unpaired) electrons. The molecule has 1 rings (SSSR count). The van der Waals surface area contributed by atoms with Gasteiger partial charge in [-0.2, -0.15) is 0 Å². The van der Waals surface area contributed by atoms with Gasteiger partial charge in [0.05, 0.1) is 6.61 Å². The van der Waals surface area contributed by atoms with Crippen molar-refractivity contribution in [2.75, 3.05) is 20.8 Å². The lowest BCUT2D eigenvalue weighted by atomic mass is 10.1. The van der Waals surface area contributed by atoms with E-state index in [1.165, 1.54) is 12.1 Å². The van der Waals surface area contributed by atoms with Crippen LogP contribution in [0.3, 0.4) is 0 Å². The molecule has 0 bridgehead atoms. The summed E-state index contributed by atoms with van der Waals surface area (Å²) in [5.41, 5.74) is 7.16. The first kappa shape index (κ1) is 15.0. The Balaban J connectivity index is 2.88. The van der Waals surface area contributed by atoms with Crippen molar-refractivity contribution in [1.29, 1.82) is 0 Å². The summed E-state index contributed by atoms with van der Waals surface area (Å²) in [4.78, 5) is 2.36.